The SMILES string of the molecule is CC(C)(C)OC(=O)N1CCOC(C(C)(C)CCN)C1. The van der Waals surface area contributed by atoms with Gasteiger partial charge in [-0.15, -0.1) is 0 Å². The zero-order chi connectivity index (χ0) is 14.7. The predicted octanol–water partition coefficient (Wildman–Crippen LogP) is 2.00. The van der Waals surface area contributed by atoms with E-state index in [1.807, 2.05) is 20.8 Å². The van der Waals surface area contributed by atoms with Gasteiger partial charge in [-0.2, -0.15) is 0 Å². The van der Waals surface area contributed by atoms with Crippen molar-refractivity contribution in [2.24, 2.45) is 11.1 Å². The first-order chi connectivity index (χ1) is 8.65. The molecular formula is C14H28N2O3. The number of ether oxygens (including phenoxy) is 2. The number of rotatable bonds is 3. The molecule has 0 saturated carbocycles. The van der Waals surface area contributed by atoms with Gasteiger partial charge in [0.2, 0.25) is 0 Å². The molecule has 112 valence electrons. The van der Waals surface area contributed by atoms with Gasteiger partial charge in [-0.05, 0) is 39.2 Å². The number of carbonyl (C=O) groups excluding carboxylic acids is 1. The van der Waals surface area contributed by atoms with E-state index in [0.717, 1.165) is 6.42 Å². The summed E-state index contributed by atoms with van der Waals surface area (Å²) in [6.07, 6.45) is 0.626. The number of amides is 1. The smallest absolute Gasteiger partial charge is 0.410 e. The average Bonchev–Trinajstić information content (AvgIpc) is 2.27. The van der Waals surface area contributed by atoms with Crippen molar-refractivity contribution < 1.29 is 14.3 Å². The molecular weight excluding hydrogens is 244 g/mol. The molecule has 0 aromatic heterocycles. The van der Waals surface area contributed by atoms with Crippen LogP contribution in [0.3, 0.4) is 0 Å². The minimum absolute atomic E-state index is 0.0114. The van der Waals surface area contributed by atoms with E-state index in [-0.39, 0.29) is 17.6 Å². The Morgan fingerprint density at radius 1 is 1.37 bits per heavy atom. The highest BCUT2D eigenvalue weighted by Gasteiger charge is 2.36. The van der Waals surface area contributed by atoms with Gasteiger partial charge in [0, 0.05) is 6.54 Å². The number of hydrogen-bond acceptors (Lipinski definition) is 4. The highest BCUT2D eigenvalue weighted by molar-refractivity contribution is 5.68. The maximum absolute atomic E-state index is 12.1. The summed E-state index contributed by atoms with van der Waals surface area (Å²) < 4.78 is 11.2. The Morgan fingerprint density at radius 2 is 2.00 bits per heavy atom. The first kappa shape index (κ1) is 16.2. The van der Waals surface area contributed by atoms with Gasteiger partial charge in [-0.25, -0.2) is 4.79 Å². The number of morpholine rings is 1. The summed E-state index contributed by atoms with van der Waals surface area (Å²) in [5.41, 5.74) is 5.15. The number of carbonyl (C=O) groups is 1. The van der Waals surface area contributed by atoms with Gasteiger partial charge in [0.15, 0.2) is 0 Å². The minimum Gasteiger partial charge on any atom is -0.444 e. The summed E-state index contributed by atoms with van der Waals surface area (Å²) in [5, 5.41) is 0. The average molecular weight is 272 g/mol. The molecule has 1 amide bonds. The van der Waals surface area contributed by atoms with Crippen molar-refractivity contribution in [2.45, 2.75) is 52.7 Å². The van der Waals surface area contributed by atoms with Crippen LogP contribution < -0.4 is 5.73 Å². The number of hydrogen-bond donors (Lipinski definition) is 1. The van der Waals surface area contributed by atoms with Crippen LogP contribution in [0.25, 0.3) is 0 Å². The summed E-state index contributed by atoms with van der Waals surface area (Å²) in [4.78, 5) is 13.8. The van der Waals surface area contributed by atoms with Gasteiger partial charge < -0.3 is 20.1 Å². The van der Waals surface area contributed by atoms with E-state index in [2.05, 4.69) is 13.8 Å². The first-order valence-electron chi connectivity index (χ1n) is 6.95. The molecule has 1 aliphatic heterocycles. The minimum atomic E-state index is -0.461. The zero-order valence-corrected chi connectivity index (χ0v) is 12.9. The van der Waals surface area contributed by atoms with Gasteiger partial charge >= 0.3 is 6.09 Å². The molecule has 0 radical (unpaired) electrons. The van der Waals surface area contributed by atoms with Crippen molar-refractivity contribution in [3.8, 4) is 0 Å². The lowest BCUT2D eigenvalue weighted by Gasteiger charge is -2.41. The van der Waals surface area contributed by atoms with Gasteiger partial charge in [0.05, 0.1) is 19.3 Å². The molecule has 1 fully saturated rings. The molecule has 0 aromatic carbocycles. The first-order valence-corrected chi connectivity index (χ1v) is 6.95. The Labute approximate surface area is 116 Å². The number of nitrogens with zero attached hydrogens (tertiary/aromatic N) is 1. The fourth-order valence-corrected chi connectivity index (χ4v) is 2.15. The van der Waals surface area contributed by atoms with Gasteiger partial charge in [-0.1, -0.05) is 13.8 Å². The maximum Gasteiger partial charge on any atom is 0.410 e. The third-order valence-electron chi connectivity index (χ3n) is 3.38. The molecule has 1 unspecified atom stereocenters. The normalized spacial score (nSPS) is 21.4. The highest BCUT2D eigenvalue weighted by atomic mass is 16.6. The Bertz CT molecular complexity index is 310. The van der Waals surface area contributed by atoms with Crippen LogP contribution in [-0.2, 0) is 9.47 Å². The van der Waals surface area contributed by atoms with E-state index in [1.165, 1.54) is 0 Å². The molecule has 19 heavy (non-hydrogen) atoms. The lowest BCUT2D eigenvalue weighted by Crippen LogP contribution is -2.52. The van der Waals surface area contributed by atoms with Crippen LogP contribution in [0.5, 0.6) is 0 Å². The van der Waals surface area contributed by atoms with Crippen molar-refractivity contribution in [3.63, 3.8) is 0 Å². The Balaban J connectivity index is 2.62. The topological polar surface area (TPSA) is 64.8 Å². The molecule has 5 nitrogen and oxygen atoms in total. The van der Waals surface area contributed by atoms with E-state index >= 15 is 0 Å². The Morgan fingerprint density at radius 3 is 2.53 bits per heavy atom. The summed E-state index contributed by atoms with van der Waals surface area (Å²) in [5.74, 6) is 0. The van der Waals surface area contributed by atoms with Gasteiger partial charge in [-0.3, -0.25) is 0 Å². The van der Waals surface area contributed by atoms with Crippen molar-refractivity contribution in [2.75, 3.05) is 26.2 Å². The Kier molecular flexibility index (Phi) is 5.21. The van der Waals surface area contributed by atoms with Crippen LogP contribution in [-0.4, -0.2) is 48.9 Å². The maximum atomic E-state index is 12.1. The monoisotopic (exact) mass is 272 g/mol. The molecule has 0 aliphatic carbocycles. The molecule has 0 aromatic rings. The fraction of sp³-hybridized carbons (Fsp3) is 0.929. The van der Waals surface area contributed by atoms with E-state index in [0.29, 0.717) is 26.2 Å². The predicted molar refractivity (Wildman–Crippen MR) is 75.0 cm³/mol. The van der Waals surface area contributed by atoms with Crippen LogP contribution in [0, 0.1) is 5.41 Å². The van der Waals surface area contributed by atoms with Gasteiger partial charge in [0.1, 0.15) is 5.60 Å². The third-order valence-corrected chi connectivity index (χ3v) is 3.38. The molecule has 0 spiro atoms. The van der Waals surface area contributed by atoms with Crippen LogP contribution >= 0.6 is 0 Å². The highest BCUT2D eigenvalue weighted by Crippen LogP contribution is 2.29. The van der Waals surface area contributed by atoms with Crippen LogP contribution in [0.2, 0.25) is 0 Å². The van der Waals surface area contributed by atoms with Crippen LogP contribution in [0.1, 0.15) is 41.0 Å². The molecule has 2 N–H and O–H groups in total. The summed E-state index contributed by atoms with van der Waals surface area (Å²) >= 11 is 0. The van der Waals surface area contributed by atoms with Crippen LogP contribution in [0.15, 0.2) is 0 Å². The molecule has 5 heteroatoms. The molecule has 0 bridgehead atoms. The zero-order valence-electron chi connectivity index (χ0n) is 12.9. The second kappa shape index (κ2) is 6.09. The van der Waals surface area contributed by atoms with Gasteiger partial charge in [0.25, 0.3) is 0 Å². The second-order valence-corrected chi connectivity index (χ2v) is 6.81. The third kappa shape index (κ3) is 4.99. The number of nitrogens with two attached hydrogens (primary N) is 1. The van der Waals surface area contributed by atoms with E-state index < -0.39 is 5.60 Å². The van der Waals surface area contributed by atoms with Crippen LogP contribution in [0.4, 0.5) is 4.79 Å². The fourth-order valence-electron chi connectivity index (χ4n) is 2.15. The van der Waals surface area contributed by atoms with E-state index in [4.69, 9.17) is 15.2 Å². The van der Waals surface area contributed by atoms with Crippen molar-refractivity contribution in [3.05, 3.63) is 0 Å². The lowest BCUT2D eigenvalue weighted by molar-refractivity contribution is -0.0880. The van der Waals surface area contributed by atoms with Crippen molar-refractivity contribution in [1.29, 1.82) is 0 Å². The molecule has 1 heterocycles. The molecule has 1 aliphatic rings. The lowest BCUT2D eigenvalue weighted by atomic mass is 9.82. The van der Waals surface area contributed by atoms with Crippen molar-refractivity contribution in [1.82, 2.24) is 4.90 Å². The molecule has 1 saturated heterocycles. The molecule has 1 atom stereocenters. The van der Waals surface area contributed by atoms with E-state index in [9.17, 15) is 4.79 Å². The molecule has 1 rings (SSSR count). The summed E-state index contributed by atoms with van der Waals surface area (Å²) in [6, 6.07) is 0. The largest absolute Gasteiger partial charge is 0.444 e. The van der Waals surface area contributed by atoms with E-state index in [1.54, 1.807) is 4.90 Å². The summed E-state index contributed by atoms with van der Waals surface area (Å²) in [6.45, 7) is 12.2. The quantitative estimate of drug-likeness (QED) is 0.853. The second-order valence-electron chi connectivity index (χ2n) is 6.81. The Hall–Kier alpha value is -0.810. The summed E-state index contributed by atoms with van der Waals surface area (Å²) in [7, 11) is 0. The van der Waals surface area contributed by atoms with Crippen molar-refractivity contribution >= 4 is 6.09 Å². The standard InChI is InChI=1S/C14H28N2O3/c1-13(2,3)19-12(17)16-8-9-18-11(10-16)14(4,5)6-7-15/h11H,6-10,15H2,1-5H3.